The van der Waals surface area contributed by atoms with E-state index >= 15 is 0 Å². The third-order valence-electron chi connectivity index (χ3n) is 1.74. The van der Waals surface area contributed by atoms with Gasteiger partial charge in [-0.15, -0.1) is 0 Å². The Bertz CT molecular complexity index is 268. The van der Waals surface area contributed by atoms with Crippen LogP contribution in [0.3, 0.4) is 0 Å². The number of hydrogen-bond acceptors (Lipinski definition) is 4. The van der Waals surface area contributed by atoms with Crippen LogP contribution in [0.4, 0.5) is 4.79 Å². The molecule has 14 heavy (non-hydrogen) atoms. The number of carbonyl (C=O) groups is 1. The first-order valence-electron chi connectivity index (χ1n) is 4.65. The summed E-state index contributed by atoms with van der Waals surface area (Å²) in [6.45, 7) is 7.34. The van der Waals surface area contributed by atoms with Crippen LogP contribution < -0.4 is 5.73 Å². The summed E-state index contributed by atoms with van der Waals surface area (Å²) in [7, 11) is 0. The number of nitrogens with zero attached hydrogens (tertiary/aromatic N) is 2. The SMILES string of the molecule is CC1CC(N)=NN1C(=O)OC(C)(C)C. The van der Waals surface area contributed by atoms with E-state index in [4.69, 9.17) is 10.5 Å². The van der Waals surface area contributed by atoms with Crippen molar-refractivity contribution in [3.8, 4) is 0 Å². The molecule has 0 aliphatic carbocycles. The summed E-state index contributed by atoms with van der Waals surface area (Å²) in [6, 6.07) is -0.00940. The highest BCUT2D eigenvalue weighted by atomic mass is 16.6. The average molecular weight is 199 g/mol. The van der Waals surface area contributed by atoms with Crippen molar-refractivity contribution >= 4 is 11.9 Å². The molecule has 5 nitrogen and oxygen atoms in total. The summed E-state index contributed by atoms with van der Waals surface area (Å²) in [5.41, 5.74) is 5.02. The molecule has 2 N–H and O–H groups in total. The molecule has 0 aromatic heterocycles. The van der Waals surface area contributed by atoms with E-state index in [1.54, 1.807) is 0 Å². The fraction of sp³-hybridized carbons (Fsp3) is 0.778. The van der Waals surface area contributed by atoms with Crippen LogP contribution in [0.2, 0.25) is 0 Å². The van der Waals surface area contributed by atoms with Crippen molar-refractivity contribution in [2.24, 2.45) is 10.8 Å². The number of carbonyl (C=O) groups excluding carboxylic acids is 1. The van der Waals surface area contributed by atoms with Gasteiger partial charge in [-0.05, 0) is 27.7 Å². The van der Waals surface area contributed by atoms with Gasteiger partial charge in [-0.3, -0.25) is 0 Å². The minimum absolute atomic E-state index is 0.00940. The van der Waals surface area contributed by atoms with Gasteiger partial charge in [0.2, 0.25) is 0 Å². The van der Waals surface area contributed by atoms with Gasteiger partial charge in [0, 0.05) is 6.42 Å². The van der Waals surface area contributed by atoms with Crippen molar-refractivity contribution in [1.29, 1.82) is 0 Å². The molecule has 0 aromatic carbocycles. The monoisotopic (exact) mass is 199 g/mol. The topological polar surface area (TPSA) is 67.9 Å². The van der Waals surface area contributed by atoms with Crippen LogP contribution in [0, 0.1) is 0 Å². The maximum absolute atomic E-state index is 11.6. The predicted octanol–water partition coefficient (Wildman–Crippen LogP) is 1.29. The summed E-state index contributed by atoms with van der Waals surface area (Å²) in [5, 5.41) is 5.20. The summed E-state index contributed by atoms with van der Waals surface area (Å²) in [6.07, 6.45) is 0.171. The Kier molecular flexibility index (Phi) is 2.69. The van der Waals surface area contributed by atoms with E-state index in [1.165, 1.54) is 5.01 Å². The Labute approximate surface area is 83.9 Å². The van der Waals surface area contributed by atoms with Gasteiger partial charge < -0.3 is 10.5 Å². The highest BCUT2D eigenvalue weighted by molar-refractivity contribution is 5.85. The zero-order chi connectivity index (χ0) is 10.9. The summed E-state index contributed by atoms with van der Waals surface area (Å²) in [4.78, 5) is 11.6. The molecule has 0 saturated carbocycles. The number of hydrogen-bond donors (Lipinski definition) is 1. The Morgan fingerprint density at radius 1 is 1.64 bits per heavy atom. The molecule has 0 aromatic rings. The molecule has 1 unspecified atom stereocenters. The Balaban J connectivity index is 2.62. The zero-order valence-corrected chi connectivity index (χ0v) is 9.07. The van der Waals surface area contributed by atoms with E-state index in [0.29, 0.717) is 12.3 Å². The van der Waals surface area contributed by atoms with Crippen LogP contribution in [0.15, 0.2) is 5.10 Å². The van der Waals surface area contributed by atoms with E-state index in [1.807, 2.05) is 27.7 Å². The molecule has 1 heterocycles. The van der Waals surface area contributed by atoms with Gasteiger partial charge in [-0.1, -0.05) is 0 Å². The van der Waals surface area contributed by atoms with Crippen molar-refractivity contribution in [2.75, 3.05) is 0 Å². The van der Waals surface area contributed by atoms with Gasteiger partial charge in [0.25, 0.3) is 0 Å². The summed E-state index contributed by atoms with van der Waals surface area (Å²) >= 11 is 0. The smallest absolute Gasteiger partial charge is 0.431 e. The molecule has 1 amide bonds. The molecule has 0 bridgehead atoms. The number of amidine groups is 1. The van der Waals surface area contributed by atoms with Crippen molar-refractivity contribution < 1.29 is 9.53 Å². The van der Waals surface area contributed by atoms with Gasteiger partial charge in [0.05, 0.1) is 6.04 Å². The normalized spacial score (nSPS) is 22.1. The lowest BCUT2D eigenvalue weighted by Gasteiger charge is -2.24. The standard InChI is InChI=1S/C9H17N3O2/c1-6-5-7(10)11-12(6)8(13)14-9(2,3)4/h6H,5H2,1-4H3,(H2,10,11). The van der Waals surface area contributed by atoms with Crippen LogP contribution in [-0.2, 0) is 4.74 Å². The van der Waals surface area contributed by atoms with Crippen molar-refractivity contribution in [3.63, 3.8) is 0 Å². The number of hydrazone groups is 1. The molecular weight excluding hydrogens is 182 g/mol. The minimum atomic E-state index is -0.496. The van der Waals surface area contributed by atoms with Gasteiger partial charge in [-0.25, -0.2) is 4.79 Å². The number of ether oxygens (including phenoxy) is 1. The zero-order valence-electron chi connectivity index (χ0n) is 9.07. The van der Waals surface area contributed by atoms with E-state index in [9.17, 15) is 4.79 Å². The Morgan fingerprint density at radius 2 is 2.21 bits per heavy atom. The predicted molar refractivity (Wildman–Crippen MR) is 53.8 cm³/mol. The molecule has 0 fully saturated rings. The first kappa shape index (κ1) is 10.8. The fourth-order valence-electron chi connectivity index (χ4n) is 1.20. The highest BCUT2D eigenvalue weighted by Gasteiger charge is 2.30. The highest BCUT2D eigenvalue weighted by Crippen LogP contribution is 2.17. The van der Waals surface area contributed by atoms with Gasteiger partial charge in [-0.2, -0.15) is 10.1 Å². The van der Waals surface area contributed by atoms with E-state index in [-0.39, 0.29) is 6.04 Å². The van der Waals surface area contributed by atoms with Crippen LogP contribution in [0.5, 0.6) is 0 Å². The first-order valence-corrected chi connectivity index (χ1v) is 4.65. The van der Waals surface area contributed by atoms with Crippen molar-refractivity contribution in [1.82, 2.24) is 5.01 Å². The lowest BCUT2D eigenvalue weighted by Crippen LogP contribution is -2.36. The molecule has 0 saturated heterocycles. The molecule has 80 valence electrons. The van der Waals surface area contributed by atoms with Crippen LogP contribution >= 0.6 is 0 Å². The average Bonchev–Trinajstić information content (AvgIpc) is 2.26. The molecule has 1 rings (SSSR count). The summed E-state index contributed by atoms with van der Waals surface area (Å²) < 4.78 is 5.16. The second-order valence-electron chi connectivity index (χ2n) is 4.47. The Morgan fingerprint density at radius 3 is 2.57 bits per heavy atom. The number of rotatable bonds is 0. The second-order valence-corrected chi connectivity index (χ2v) is 4.47. The molecule has 0 radical (unpaired) electrons. The quantitative estimate of drug-likeness (QED) is 0.639. The third kappa shape index (κ3) is 2.61. The minimum Gasteiger partial charge on any atom is -0.442 e. The third-order valence-corrected chi connectivity index (χ3v) is 1.74. The maximum atomic E-state index is 11.6. The maximum Gasteiger partial charge on any atom is 0.431 e. The van der Waals surface area contributed by atoms with Crippen LogP contribution in [0.1, 0.15) is 34.1 Å². The first-order chi connectivity index (χ1) is 6.29. The van der Waals surface area contributed by atoms with E-state index in [2.05, 4.69) is 5.10 Å². The summed E-state index contributed by atoms with van der Waals surface area (Å²) in [5.74, 6) is 0.475. The molecule has 1 aliphatic rings. The number of nitrogens with two attached hydrogens (primary N) is 1. The lowest BCUT2D eigenvalue weighted by atomic mass is 10.2. The molecule has 1 atom stereocenters. The fourth-order valence-corrected chi connectivity index (χ4v) is 1.20. The largest absolute Gasteiger partial charge is 0.442 e. The molecule has 1 aliphatic heterocycles. The van der Waals surface area contributed by atoms with E-state index in [0.717, 1.165) is 0 Å². The van der Waals surface area contributed by atoms with Crippen LogP contribution in [0.25, 0.3) is 0 Å². The lowest BCUT2D eigenvalue weighted by molar-refractivity contribution is 0.0212. The van der Waals surface area contributed by atoms with Gasteiger partial charge >= 0.3 is 6.09 Å². The van der Waals surface area contributed by atoms with E-state index < -0.39 is 11.7 Å². The molecular formula is C9H17N3O2. The van der Waals surface area contributed by atoms with Crippen LogP contribution in [-0.4, -0.2) is 28.6 Å². The van der Waals surface area contributed by atoms with Gasteiger partial charge in [0.15, 0.2) is 0 Å². The number of amides is 1. The van der Waals surface area contributed by atoms with Crippen molar-refractivity contribution in [2.45, 2.75) is 45.8 Å². The molecule has 5 heteroatoms. The second kappa shape index (κ2) is 3.48. The van der Waals surface area contributed by atoms with Gasteiger partial charge in [0.1, 0.15) is 11.4 Å². The molecule has 0 spiro atoms. The van der Waals surface area contributed by atoms with Crippen molar-refractivity contribution in [3.05, 3.63) is 0 Å². The Hall–Kier alpha value is -1.26.